The Balaban J connectivity index is 2.63. The molecule has 1 aromatic carbocycles. The molecule has 0 amide bonds. The lowest BCUT2D eigenvalue weighted by Gasteiger charge is -2.11. The molecule has 0 bridgehead atoms. The van der Waals surface area contributed by atoms with E-state index in [9.17, 15) is 31.5 Å². The van der Waals surface area contributed by atoms with E-state index < -0.39 is 32.6 Å². The van der Waals surface area contributed by atoms with Crippen LogP contribution in [-0.4, -0.2) is 19.0 Å². The highest BCUT2D eigenvalue weighted by Gasteiger charge is 2.48. The van der Waals surface area contributed by atoms with E-state index in [1.54, 1.807) is 13.8 Å². The molecule has 1 aromatic heterocycles. The third kappa shape index (κ3) is 3.26. The molecule has 10 heteroatoms. The number of aromatic hydroxyl groups is 1. The summed E-state index contributed by atoms with van der Waals surface area (Å²) in [4.78, 5) is 11.9. The van der Waals surface area contributed by atoms with E-state index in [2.05, 4.69) is 4.18 Å². The van der Waals surface area contributed by atoms with Crippen molar-refractivity contribution in [3.8, 4) is 11.5 Å². The van der Waals surface area contributed by atoms with Crippen molar-refractivity contribution < 1.29 is 35.3 Å². The number of phenols is 1. The lowest BCUT2D eigenvalue weighted by molar-refractivity contribution is -0.0500. The fourth-order valence-corrected chi connectivity index (χ4v) is 2.21. The standard InChI is InChI=1S/C13H11F3O6S/c1-6(2)10-5-9(18)12-8(17)3-7(4-11(12)21-10)22-23(19,20)13(14,15)16/h3-6,17H,1-2H3. The minimum Gasteiger partial charge on any atom is -0.507 e. The molecule has 0 radical (unpaired) electrons. The van der Waals surface area contributed by atoms with Crippen molar-refractivity contribution in [1.29, 1.82) is 0 Å². The van der Waals surface area contributed by atoms with Crippen LogP contribution in [0.5, 0.6) is 11.5 Å². The summed E-state index contributed by atoms with van der Waals surface area (Å²) in [5, 5.41) is 9.46. The van der Waals surface area contributed by atoms with Crippen molar-refractivity contribution in [1.82, 2.24) is 0 Å². The number of hydrogen-bond donors (Lipinski definition) is 1. The first kappa shape index (κ1) is 17.1. The molecule has 0 aliphatic carbocycles. The van der Waals surface area contributed by atoms with Gasteiger partial charge >= 0.3 is 15.6 Å². The SMILES string of the molecule is CC(C)c1cc(=O)c2c(O)cc(OS(=O)(=O)C(F)(F)F)cc2o1. The van der Waals surface area contributed by atoms with Crippen LogP contribution in [0.4, 0.5) is 13.2 Å². The quantitative estimate of drug-likeness (QED) is 0.674. The number of rotatable bonds is 3. The maximum absolute atomic E-state index is 12.3. The second kappa shape index (κ2) is 5.44. The molecule has 0 atom stereocenters. The number of fused-ring (bicyclic) bond motifs is 1. The normalized spacial score (nSPS) is 12.8. The van der Waals surface area contributed by atoms with E-state index in [4.69, 9.17) is 4.42 Å². The molecular weight excluding hydrogens is 341 g/mol. The van der Waals surface area contributed by atoms with Gasteiger partial charge in [0, 0.05) is 24.1 Å². The summed E-state index contributed by atoms with van der Waals surface area (Å²) < 4.78 is 68.2. The third-order valence-corrected chi connectivity index (χ3v) is 3.84. The Labute approximate surface area is 128 Å². The average Bonchev–Trinajstić information content (AvgIpc) is 2.35. The van der Waals surface area contributed by atoms with Gasteiger partial charge in [0.1, 0.15) is 28.2 Å². The highest BCUT2D eigenvalue weighted by atomic mass is 32.2. The molecule has 0 unspecified atom stereocenters. The van der Waals surface area contributed by atoms with Gasteiger partial charge in [-0.1, -0.05) is 13.8 Å². The predicted molar refractivity (Wildman–Crippen MR) is 73.8 cm³/mol. The first-order valence-corrected chi connectivity index (χ1v) is 7.64. The van der Waals surface area contributed by atoms with Crippen LogP contribution in [0.3, 0.4) is 0 Å². The second-order valence-electron chi connectivity index (χ2n) is 4.97. The van der Waals surface area contributed by atoms with Crippen LogP contribution < -0.4 is 9.61 Å². The van der Waals surface area contributed by atoms with Crippen LogP contribution in [0.25, 0.3) is 11.0 Å². The highest BCUT2D eigenvalue weighted by Crippen LogP contribution is 2.33. The van der Waals surface area contributed by atoms with E-state index in [0.29, 0.717) is 6.07 Å². The zero-order chi connectivity index (χ0) is 17.6. The molecule has 6 nitrogen and oxygen atoms in total. The highest BCUT2D eigenvalue weighted by molar-refractivity contribution is 7.88. The van der Waals surface area contributed by atoms with Gasteiger partial charge < -0.3 is 13.7 Å². The molecule has 1 heterocycles. The Morgan fingerprint density at radius 1 is 1.22 bits per heavy atom. The minimum absolute atomic E-state index is 0.210. The van der Waals surface area contributed by atoms with Crippen LogP contribution in [0, 0.1) is 0 Å². The maximum atomic E-state index is 12.3. The van der Waals surface area contributed by atoms with Gasteiger partial charge in [-0.2, -0.15) is 21.6 Å². The predicted octanol–water partition coefficient (Wildman–Crippen LogP) is 2.85. The van der Waals surface area contributed by atoms with Crippen LogP contribution in [0.15, 0.2) is 27.4 Å². The van der Waals surface area contributed by atoms with Crippen molar-refractivity contribution >= 4 is 21.1 Å². The van der Waals surface area contributed by atoms with Crippen molar-refractivity contribution in [2.75, 3.05) is 0 Å². The van der Waals surface area contributed by atoms with E-state index >= 15 is 0 Å². The Hall–Kier alpha value is -2.23. The van der Waals surface area contributed by atoms with E-state index in [1.165, 1.54) is 0 Å². The molecule has 0 fully saturated rings. The molecule has 1 N–H and O–H groups in total. The van der Waals surface area contributed by atoms with Crippen molar-refractivity contribution in [3.63, 3.8) is 0 Å². The molecule has 0 spiro atoms. The number of benzene rings is 1. The molecule has 0 aliphatic rings. The molecule has 23 heavy (non-hydrogen) atoms. The molecular formula is C13H11F3O6S. The lowest BCUT2D eigenvalue weighted by Crippen LogP contribution is -2.28. The Morgan fingerprint density at radius 2 is 1.83 bits per heavy atom. The number of halogens is 3. The summed E-state index contributed by atoms with van der Waals surface area (Å²) in [5.74, 6) is -1.56. The topological polar surface area (TPSA) is 93.8 Å². The van der Waals surface area contributed by atoms with Crippen molar-refractivity contribution in [2.24, 2.45) is 0 Å². The summed E-state index contributed by atoms with van der Waals surface area (Å²) >= 11 is 0. The van der Waals surface area contributed by atoms with E-state index in [0.717, 1.165) is 12.1 Å². The minimum atomic E-state index is -5.90. The smallest absolute Gasteiger partial charge is 0.507 e. The zero-order valence-corrected chi connectivity index (χ0v) is 12.7. The Kier molecular flexibility index (Phi) is 4.05. The van der Waals surface area contributed by atoms with Gasteiger partial charge in [-0.05, 0) is 0 Å². The summed E-state index contributed by atoms with van der Waals surface area (Å²) in [6.07, 6.45) is 0. The Morgan fingerprint density at radius 3 is 2.35 bits per heavy atom. The fraction of sp³-hybridized carbons (Fsp3) is 0.308. The van der Waals surface area contributed by atoms with E-state index in [1.807, 2.05) is 0 Å². The van der Waals surface area contributed by atoms with Crippen LogP contribution in [0.1, 0.15) is 25.5 Å². The first-order chi connectivity index (χ1) is 10.4. The van der Waals surface area contributed by atoms with Crippen LogP contribution in [0.2, 0.25) is 0 Å². The Bertz CT molecular complexity index is 912. The summed E-state index contributed by atoms with van der Waals surface area (Å²) in [7, 11) is -5.90. The largest absolute Gasteiger partial charge is 0.534 e. The monoisotopic (exact) mass is 352 g/mol. The number of phenolic OH excluding ortho intramolecular Hbond substituents is 1. The van der Waals surface area contributed by atoms with Gasteiger partial charge in [-0.25, -0.2) is 0 Å². The molecule has 126 valence electrons. The number of hydrogen-bond acceptors (Lipinski definition) is 6. The van der Waals surface area contributed by atoms with Gasteiger partial charge in [0.15, 0.2) is 5.43 Å². The zero-order valence-electron chi connectivity index (χ0n) is 11.8. The van der Waals surface area contributed by atoms with E-state index in [-0.39, 0.29) is 22.6 Å². The van der Waals surface area contributed by atoms with Crippen LogP contribution in [-0.2, 0) is 10.1 Å². The summed E-state index contributed by atoms with van der Waals surface area (Å²) in [5.41, 5.74) is -6.52. The maximum Gasteiger partial charge on any atom is 0.534 e. The summed E-state index contributed by atoms with van der Waals surface area (Å²) in [6.45, 7) is 3.41. The molecule has 2 rings (SSSR count). The van der Waals surface area contributed by atoms with Gasteiger partial charge in [-0.15, -0.1) is 0 Å². The lowest BCUT2D eigenvalue weighted by atomic mass is 10.1. The number of alkyl halides is 3. The molecule has 2 aromatic rings. The van der Waals surface area contributed by atoms with Gasteiger partial charge in [-0.3, -0.25) is 4.79 Å². The van der Waals surface area contributed by atoms with Gasteiger partial charge in [0.05, 0.1) is 0 Å². The third-order valence-electron chi connectivity index (χ3n) is 2.86. The molecule has 0 saturated heterocycles. The second-order valence-corrected chi connectivity index (χ2v) is 6.50. The average molecular weight is 352 g/mol. The van der Waals surface area contributed by atoms with Gasteiger partial charge in [0.25, 0.3) is 0 Å². The van der Waals surface area contributed by atoms with Crippen molar-refractivity contribution in [3.05, 3.63) is 34.2 Å². The first-order valence-electron chi connectivity index (χ1n) is 6.24. The fourth-order valence-electron chi connectivity index (χ4n) is 1.77. The molecule has 0 aliphatic heterocycles. The summed E-state index contributed by atoms with van der Waals surface area (Å²) in [6, 6.07) is 2.53. The van der Waals surface area contributed by atoms with Crippen molar-refractivity contribution in [2.45, 2.75) is 25.3 Å². The van der Waals surface area contributed by atoms with Gasteiger partial charge in [0.2, 0.25) is 0 Å². The van der Waals surface area contributed by atoms with Crippen LogP contribution >= 0.6 is 0 Å². The molecule has 0 saturated carbocycles.